The Bertz CT molecular complexity index is 826. The molecular weight excluding hydrogens is 380 g/mol. The van der Waals surface area contributed by atoms with E-state index >= 15 is 0 Å². The van der Waals surface area contributed by atoms with Crippen molar-refractivity contribution < 1.29 is 24.9 Å². The van der Waals surface area contributed by atoms with Gasteiger partial charge < -0.3 is 15.3 Å². The van der Waals surface area contributed by atoms with Gasteiger partial charge in [0.2, 0.25) is 0 Å². The highest BCUT2D eigenvalue weighted by atomic mass is 16.4. The Morgan fingerprint density at radius 1 is 1.17 bits per heavy atom. The fourth-order valence-corrected chi connectivity index (χ4v) is 5.09. The summed E-state index contributed by atoms with van der Waals surface area (Å²) in [7, 11) is 0. The molecule has 30 heavy (non-hydrogen) atoms. The van der Waals surface area contributed by atoms with Crippen molar-refractivity contribution in [3.05, 3.63) is 58.7 Å². The molecule has 0 heterocycles. The maximum atomic E-state index is 12.0. The molecular formula is C25H34O5. The normalized spacial score (nSPS) is 34.1. The van der Waals surface area contributed by atoms with Gasteiger partial charge in [-0.25, -0.2) is 4.79 Å². The van der Waals surface area contributed by atoms with E-state index in [4.69, 9.17) is 5.11 Å². The lowest BCUT2D eigenvalue weighted by atomic mass is 9.57. The molecule has 2 rings (SSSR count). The molecule has 0 aliphatic heterocycles. The number of hydrogen-bond donors (Lipinski definition) is 3. The van der Waals surface area contributed by atoms with Gasteiger partial charge in [0.1, 0.15) is 6.61 Å². The van der Waals surface area contributed by atoms with Crippen LogP contribution in [0.4, 0.5) is 0 Å². The van der Waals surface area contributed by atoms with Crippen LogP contribution in [0.1, 0.15) is 41.0 Å². The van der Waals surface area contributed by atoms with Gasteiger partial charge in [-0.1, -0.05) is 54.9 Å². The highest BCUT2D eigenvalue weighted by Gasteiger charge is 2.45. The van der Waals surface area contributed by atoms with Gasteiger partial charge in [-0.05, 0) is 62.5 Å². The van der Waals surface area contributed by atoms with Crippen molar-refractivity contribution >= 4 is 11.8 Å². The average Bonchev–Trinajstić information content (AvgIpc) is 2.66. The molecule has 0 bridgehead atoms. The van der Waals surface area contributed by atoms with Crippen LogP contribution in [-0.2, 0) is 9.59 Å². The summed E-state index contributed by atoms with van der Waals surface area (Å²) in [6.07, 6.45) is 10.9. The van der Waals surface area contributed by atoms with Crippen molar-refractivity contribution in [2.75, 3.05) is 6.61 Å². The minimum absolute atomic E-state index is 0.0572. The van der Waals surface area contributed by atoms with Crippen LogP contribution in [-0.4, -0.2) is 39.8 Å². The number of carbonyl (C=O) groups excluding carboxylic acids is 1. The van der Waals surface area contributed by atoms with Crippen LogP contribution < -0.4 is 0 Å². The van der Waals surface area contributed by atoms with E-state index in [-0.39, 0.29) is 29.5 Å². The van der Waals surface area contributed by atoms with E-state index in [9.17, 15) is 19.8 Å². The molecule has 5 nitrogen and oxygen atoms in total. The van der Waals surface area contributed by atoms with Crippen LogP contribution in [0.3, 0.4) is 0 Å². The molecule has 0 aromatic heterocycles. The third kappa shape index (κ3) is 5.67. The lowest BCUT2D eigenvalue weighted by Gasteiger charge is -2.48. The number of hydrogen-bond acceptors (Lipinski definition) is 4. The van der Waals surface area contributed by atoms with Gasteiger partial charge >= 0.3 is 5.97 Å². The Hall–Kier alpha value is -2.24. The predicted octanol–water partition coefficient (Wildman–Crippen LogP) is 3.85. The second kappa shape index (κ2) is 10.2. The largest absolute Gasteiger partial charge is 0.478 e. The number of aliphatic hydroxyl groups is 2. The molecule has 2 aliphatic carbocycles. The summed E-state index contributed by atoms with van der Waals surface area (Å²) in [5.41, 5.74) is 3.70. The summed E-state index contributed by atoms with van der Waals surface area (Å²) in [5, 5.41) is 28.8. The van der Waals surface area contributed by atoms with E-state index in [1.807, 2.05) is 26.8 Å². The van der Waals surface area contributed by atoms with Gasteiger partial charge in [-0.2, -0.15) is 0 Å². The Morgan fingerprint density at radius 3 is 2.43 bits per heavy atom. The number of aliphatic hydroxyl groups excluding tert-OH is 2. The second-order valence-corrected chi connectivity index (χ2v) is 8.87. The molecule has 1 fully saturated rings. The third-order valence-electron chi connectivity index (χ3n) is 6.42. The van der Waals surface area contributed by atoms with Crippen molar-refractivity contribution in [1.82, 2.24) is 0 Å². The number of ketones is 1. The number of aliphatic carboxylic acids is 1. The zero-order chi connectivity index (χ0) is 22.6. The first-order valence-corrected chi connectivity index (χ1v) is 10.5. The first-order valence-electron chi connectivity index (χ1n) is 10.5. The number of rotatable bonds is 6. The zero-order valence-electron chi connectivity index (χ0n) is 18.5. The highest BCUT2D eigenvalue weighted by Crippen LogP contribution is 2.50. The first kappa shape index (κ1) is 24.0. The van der Waals surface area contributed by atoms with Gasteiger partial charge in [-0.15, -0.1) is 0 Å². The molecule has 0 aromatic carbocycles. The fraction of sp³-hybridized carbons (Fsp3) is 0.520. The van der Waals surface area contributed by atoms with E-state index in [0.717, 1.165) is 34.8 Å². The quantitative estimate of drug-likeness (QED) is 0.453. The first-order chi connectivity index (χ1) is 14.0. The van der Waals surface area contributed by atoms with Crippen LogP contribution in [0.2, 0.25) is 0 Å². The van der Waals surface area contributed by atoms with Gasteiger partial charge in [0.05, 0.1) is 6.10 Å². The van der Waals surface area contributed by atoms with Gasteiger partial charge in [0.15, 0.2) is 5.78 Å². The topological polar surface area (TPSA) is 94.8 Å². The van der Waals surface area contributed by atoms with Crippen LogP contribution >= 0.6 is 0 Å². The van der Waals surface area contributed by atoms with Crippen molar-refractivity contribution in [1.29, 1.82) is 0 Å². The van der Waals surface area contributed by atoms with Gasteiger partial charge in [-0.3, -0.25) is 4.79 Å². The standard InChI is InChI=1S/C25H34O5/c1-14(6-7-23(28)29)8-15(2)9-22-21(12-20(27)13-26)16(3)10-19-11-17(4)25(30)18(5)24(19)22/h6-10,12,17-19,22,24-26,30H,11,13H2,1-5H3,(H,28,29)/b7-6+,14-8+,15-9-,21-12+/t17-,18+,19-,22+,24+,25+/m0/s1. The molecule has 164 valence electrons. The maximum Gasteiger partial charge on any atom is 0.328 e. The molecule has 0 unspecified atom stereocenters. The molecule has 0 radical (unpaired) electrons. The smallest absolute Gasteiger partial charge is 0.328 e. The SMILES string of the molecule is CC1=C[C@H]2C[C@H](C)[C@@H](O)[C@H](C)[C@H]2[C@H](\C=C(C)/C=C(C)/C=C/C(=O)O)/C1=C/C(=O)CO. The third-order valence-corrected chi connectivity index (χ3v) is 6.42. The summed E-state index contributed by atoms with van der Waals surface area (Å²) in [5.74, 6) is -0.666. The Labute approximate surface area is 179 Å². The van der Waals surface area contributed by atoms with E-state index in [2.05, 4.69) is 26.0 Å². The molecule has 0 saturated heterocycles. The maximum absolute atomic E-state index is 12.0. The molecule has 1 saturated carbocycles. The van der Waals surface area contributed by atoms with Crippen LogP contribution in [0.15, 0.2) is 58.7 Å². The minimum atomic E-state index is -0.993. The lowest BCUT2D eigenvalue weighted by molar-refractivity contribution is -0.131. The lowest BCUT2D eigenvalue weighted by Crippen LogP contribution is -2.45. The molecule has 0 amide bonds. The second-order valence-electron chi connectivity index (χ2n) is 8.87. The number of fused-ring (bicyclic) bond motifs is 1. The van der Waals surface area contributed by atoms with E-state index in [1.54, 1.807) is 6.08 Å². The summed E-state index contributed by atoms with van der Waals surface area (Å²) >= 11 is 0. The summed E-state index contributed by atoms with van der Waals surface area (Å²) in [6.45, 7) is 9.42. The van der Waals surface area contributed by atoms with Crippen LogP contribution in [0, 0.1) is 29.6 Å². The zero-order valence-corrected chi connectivity index (χ0v) is 18.5. The Balaban J connectivity index is 2.52. The average molecular weight is 415 g/mol. The Morgan fingerprint density at radius 2 is 1.83 bits per heavy atom. The van der Waals surface area contributed by atoms with Crippen molar-refractivity contribution in [3.8, 4) is 0 Å². The van der Waals surface area contributed by atoms with Crippen LogP contribution in [0.5, 0.6) is 0 Å². The molecule has 0 aromatic rings. The number of carboxylic acids is 1. The number of carboxylic acid groups (broad SMARTS) is 1. The van der Waals surface area contributed by atoms with Gasteiger partial charge in [0.25, 0.3) is 0 Å². The monoisotopic (exact) mass is 414 g/mol. The highest BCUT2D eigenvalue weighted by molar-refractivity contribution is 5.92. The van der Waals surface area contributed by atoms with Crippen molar-refractivity contribution in [2.24, 2.45) is 29.6 Å². The predicted molar refractivity (Wildman–Crippen MR) is 118 cm³/mol. The number of carbonyl (C=O) groups is 2. The fourth-order valence-electron chi connectivity index (χ4n) is 5.09. The summed E-state index contributed by atoms with van der Waals surface area (Å²) < 4.78 is 0. The summed E-state index contributed by atoms with van der Waals surface area (Å²) in [4.78, 5) is 22.8. The van der Waals surface area contributed by atoms with E-state index in [1.165, 1.54) is 6.08 Å². The van der Waals surface area contributed by atoms with Crippen LogP contribution in [0.25, 0.3) is 0 Å². The Kier molecular flexibility index (Phi) is 8.16. The van der Waals surface area contributed by atoms with Gasteiger partial charge in [0, 0.05) is 12.0 Å². The van der Waals surface area contributed by atoms with Crippen molar-refractivity contribution in [2.45, 2.75) is 47.1 Å². The molecule has 5 heteroatoms. The molecule has 2 aliphatic rings. The molecule has 0 spiro atoms. The number of allylic oxidation sites excluding steroid dienone is 8. The molecule has 6 atom stereocenters. The van der Waals surface area contributed by atoms with Crippen molar-refractivity contribution in [3.63, 3.8) is 0 Å². The summed E-state index contributed by atoms with van der Waals surface area (Å²) in [6, 6.07) is 0. The molecule has 3 N–H and O–H groups in total. The van der Waals surface area contributed by atoms with E-state index < -0.39 is 18.7 Å². The minimum Gasteiger partial charge on any atom is -0.478 e. The van der Waals surface area contributed by atoms with E-state index in [0.29, 0.717) is 5.92 Å².